The molecule has 3 rings (SSSR count). The number of hydrogen-bond acceptors (Lipinski definition) is 2. The van der Waals surface area contributed by atoms with E-state index in [4.69, 9.17) is 0 Å². The van der Waals surface area contributed by atoms with Gasteiger partial charge in [-0.3, -0.25) is 4.79 Å². The van der Waals surface area contributed by atoms with Crippen molar-refractivity contribution in [2.24, 2.45) is 0 Å². The van der Waals surface area contributed by atoms with E-state index in [-0.39, 0.29) is 32.2 Å². The molecule has 0 saturated carbocycles. The molecule has 0 bridgehead atoms. The predicted octanol–water partition coefficient (Wildman–Crippen LogP) is 3.97. The normalized spacial score (nSPS) is 14.5. The molecule has 1 saturated heterocycles. The van der Waals surface area contributed by atoms with Gasteiger partial charge in [-0.25, -0.2) is 4.79 Å². The van der Waals surface area contributed by atoms with Gasteiger partial charge in [-0.05, 0) is 23.6 Å². The lowest BCUT2D eigenvalue weighted by Crippen LogP contribution is -2.53. The number of piperazine rings is 1. The van der Waals surface area contributed by atoms with Crippen molar-refractivity contribution < 1.29 is 22.8 Å². The maximum absolute atomic E-state index is 12.3. The summed E-state index contributed by atoms with van der Waals surface area (Å²) in [5, 5.41) is 2.82. The van der Waals surface area contributed by atoms with Crippen LogP contribution in [0.4, 0.5) is 18.0 Å². The van der Waals surface area contributed by atoms with Crippen LogP contribution < -0.4 is 5.32 Å². The fourth-order valence-electron chi connectivity index (χ4n) is 3.37. The minimum absolute atomic E-state index is 0.105. The van der Waals surface area contributed by atoms with Gasteiger partial charge in [-0.2, -0.15) is 13.2 Å². The molecular weight excluding hydrogens is 395 g/mol. The van der Waals surface area contributed by atoms with Gasteiger partial charge >= 0.3 is 12.2 Å². The zero-order valence-corrected chi connectivity index (χ0v) is 16.7. The number of aryl methyl sites for hydroxylation is 1. The third-order valence-electron chi connectivity index (χ3n) is 5.02. The van der Waals surface area contributed by atoms with Crippen molar-refractivity contribution in [2.45, 2.75) is 26.1 Å². The van der Waals surface area contributed by atoms with Gasteiger partial charge in [0, 0.05) is 32.7 Å². The van der Waals surface area contributed by atoms with Crippen LogP contribution in [0.2, 0.25) is 0 Å². The van der Waals surface area contributed by atoms with E-state index in [0.717, 1.165) is 21.6 Å². The van der Waals surface area contributed by atoms with Crippen LogP contribution in [0.5, 0.6) is 0 Å². The number of carbonyl (C=O) groups excluding carboxylic acids is 2. The molecule has 3 amide bonds. The van der Waals surface area contributed by atoms with Crippen LogP contribution in [-0.4, -0.2) is 54.1 Å². The molecule has 1 heterocycles. The fourth-order valence-corrected chi connectivity index (χ4v) is 3.37. The van der Waals surface area contributed by atoms with E-state index in [1.54, 1.807) is 0 Å². The first-order valence-electron chi connectivity index (χ1n) is 9.74. The van der Waals surface area contributed by atoms with Crippen LogP contribution >= 0.6 is 0 Å². The van der Waals surface area contributed by atoms with Crippen molar-refractivity contribution in [3.05, 3.63) is 59.7 Å². The number of nitrogens with zero attached hydrogens (tertiary/aromatic N) is 2. The van der Waals surface area contributed by atoms with Crippen molar-refractivity contribution in [1.29, 1.82) is 0 Å². The lowest BCUT2D eigenvalue weighted by molar-refractivity contribution is -0.162. The molecule has 8 heteroatoms. The van der Waals surface area contributed by atoms with Gasteiger partial charge in [-0.15, -0.1) is 0 Å². The highest BCUT2D eigenvalue weighted by atomic mass is 19.4. The van der Waals surface area contributed by atoms with E-state index >= 15 is 0 Å². The number of rotatable bonds is 4. The van der Waals surface area contributed by atoms with Crippen molar-refractivity contribution in [3.63, 3.8) is 0 Å². The summed E-state index contributed by atoms with van der Waals surface area (Å²) in [6, 6.07) is 15.8. The maximum atomic E-state index is 12.3. The first-order valence-corrected chi connectivity index (χ1v) is 9.74. The average Bonchev–Trinajstić information content (AvgIpc) is 2.71. The van der Waals surface area contributed by atoms with E-state index in [2.05, 4.69) is 11.4 Å². The van der Waals surface area contributed by atoms with Gasteiger partial charge in [0.15, 0.2) is 0 Å². The maximum Gasteiger partial charge on any atom is 0.397 e. The van der Waals surface area contributed by atoms with E-state index in [1.165, 1.54) is 10.5 Å². The predicted molar refractivity (Wildman–Crippen MR) is 108 cm³/mol. The summed E-state index contributed by atoms with van der Waals surface area (Å²) in [6.45, 7) is 3.02. The molecule has 0 spiro atoms. The second-order valence-corrected chi connectivity index (χ2v) is 7.38. The van der Waals surface area contributed by atoms with Crippen LogP contribution in [0.25, 0.3) is 11.1 Å². The summed E-state index contributed by atoms with van der Waals surface area (Å²) in [4.78, 5) is 26.6. The molecule has 0 radical (unpaired) electrons. The highest BCUT2D eigenvalue weighted by molar-refractivity contribution is 5.78. The van der Waals surface area contributed by atoms with Gasteiger partial charge in [0.1, 0.15) is 6.42 Å². The minimum Gasteiger partial charge on any atom is -0.339 e. The van der Waals surface area contributed by atoms with Crippen LogP contribution in [0.1, 0.15) is 17.5 Å². The second-order valence-electron chi connectivity index (χ2n) is 7.38. The molecule has 1 aliphatic heterocycles. The van der Waals surface area contributed by atoms with Gasteiger partial charge in [0.05, 0.1) is 0 Å². The molecule has 1 fully saturated rings. The molecule has 160 valence electrons. The highest BCUT2D eigenvalue weighted by Gasteiger charge is 2.34. The van der Waals surface area contributed by atoms with Crippen LogP contribution in [0, 0.1) is 6.92 Å². The van der Waals surface area contributed by atoms with Crippen molar-refractivity contribution in [3.8, 4) is 11.1 Å². The number of benzene rings is 2. The Morgan fingerprint density at radius 2 is 1.57 bits per heavy atom. The molecule has 1 N–H and O–H groups in total. The quantitative estimate of drug-likeness (QED) is 0.816. The van der Waals surface area contributed by atoms with Gasteiger partial charge in [-0.1, -0.05) is 54.1 Å². The first-order chi connectivity index (χ1) is 14.2. The van der Waals surface area contributed by atoms with Gasteiger partial charge in [0.2, 0.25) is 5.91 Å². The van der Waals surface area contributed by atoms with Crippen molar-refractivity contribution in [2.75, 3.05) is 26.2 Å². The van der Waals surface area contributed by atoms with E-state index in [0.29, 0.717) is 6.54 Å². The third-order valence-corrected chi connectivity index (χ3v) is 5.02. The Kier molecular flexibility index (Phi) is 6.64. The molecule has 5 nitrogen and oxygen atoms in total. The number of urea groups is 1. The molecule has 30 heavy (non-hydrogen) atoms. The third kappa shape index (κ3) is 5.98. The smallest absolute Gasteiger partial charge is 0.339 e. The Hall–Kier alpha value is -3.03. The standard InChI is InChI=1S/C22H24F3N3O2/c1-16-3-2-4-19(13-16)18-7-5-17(6-8-18)15-26-21(30)28-11-9-27(10-12-28)20(29)14-22(23,24)25/h2-8,13H,9-12,14-15H2,1H3,(H,26,30). The molecular formula is C22H24F3N3O2. The lowest BCUT2D eigenvalue weighted by Gasteiger charge is -2.34. The number of alkyl halides is 3. The molecule has 0 aliphatic carbocycles. The summed E-state index contributed by atoms with van der Waals surface area (Å²) >= 11 is 0. The highest BCUT2D eigenvalue weighted by Crippen LogP contribution is 2.22. The second kappa shape index (κ2) is 9.19. The summed E-state index contributed by atoms with van der Waals surface area (Å²) in [6.07, 6.45) is -5.97. The van der Waals surface area contributed by atoms with Crippen molar-refractivity contribution in [1.82, 2.24) is 15.1 Å². The minimum atomic E-state index is -4.51. The van der Waals surface area contributed by atoms with Crippen LogP contribution in [0.3, 0.4) is 0 Å². The summed E-state index contributed by atoms with van der Waals surface area (Å²) in [7, 11) is 0. The average molecular weight is 419 g/mol. The molecule has 0 unspecified atom stereocenters. The monoisotopic (exact) mass is 419 g/mol. The Balaban J connectivity index is 1.46. The molecule has 0 aromatic heterocycles. The summed E-state index contributed by atoms with van der Waals surface area (Å²) in [5.41, 5.74) is 4.35. The van der Waals surface area contributed by atoms with E-state index in [9.17, 15) is 22.8 Å². The number of nitrogens with one attached hydrogen (secondary N) is 1. The van der Waals surface area contributed by atoms with E-state index in [1.807, 2.05) is 49.4 Å². The van der Waals surface area contributed by atoms with Crippen molar-refractivity contribution >= 4 is 11.9 Å². The van der Waals surface area contributed by atoms with E-state index < -0.39 is 18.5 Å². The van der Waals surface area contributed by atoms with Crippen LogP contribution in [-0.2, 0) is 11.3 Å². The molecule has 2 aromatic rings. The Morgan fingerprint density at radius 1 is 0.933 bits per heavy atom. The SMILES string of the molecule is Cc1cccc(-c2ccc(CNC(=O)N3CCN(C(=O)CC(F)(F)F)CC3)cc2)c1. The number of carbonyl (C=O) groups is 2. The Bertz CT molecular complexity index is 889. The summed E-state index contributed by atoms with van der Waals surface area (Å²) < 4.78 is 37.0. The Labute approximate surface area is 173 Å². The summed E-state index contributed by atoms with van der Waals surface area (Å²) in [5.74, 6) is -0.948. The van der Waals surface area contributed by atoms with Crippen LogP contribution in [0.15, 0.2) is 48.5 Å². The first kappa shape index (κ1) is 21.7. The topological polar surface area (TPSA) is 52.7 Å². The van der Waals surface area contributed by atoms with Gasteiger partial charge in [0.25, 0.3) is 0 Å². The zero-order valence-electron chi connectivity index (χ0n) is 16.7. The number of amides is 3. The largest absolute Gasteiger partial charge is 0.397 e. The lowest BCUT2D eigenvalue weighted by atomic mass is 10.0. The fraction of sp³-hybridized carbons (Fsp3) is 0.364. The number of halogens is 3. The Morgan fingerprint density at radius 3 is 2.17 bits per heavy atom. The van der Waals surface area contributed by atoms with Gasteiger partial charge < -0.3 is 15.1 Å². The zero-order chi connectivity index (χ0) is 21.7. The number of hydrogen-bond donors (Lipinski definition) is 1. The molecule has 2 aromatic carbocycles. The molecule has 0 atom stereocenters. The molecule has 1 aliphatic rings.